The molecule has 3 rings (SSSR count). The smallest absolute Gasteiger partial charge is 0.130 e. The van der Waals surface area contributed by atoms with Gasteiger partial charge >= 0.3 is 0 Å². The summed E-state index contributed by atoms with van der Waals surface area (Å²) in [6.45, 7) is 4.02. The van der Waals surface area contributed by atoms with Crippen LogP contribution in [0.1, 0.15) is 23.2 Å². The number of benzene rings is 1. The van der Waals surface area contributed by atoms with Crippen molar-refractivity contribution in [1.29, 1.82) is 0 Å². The van der Waals surface area contributed by atoms with Gasteiger partial charge in [0.25, 0.3) is 0 Å². The fraction of sp³-hybridized carbons (Fsp3) is 0.357. The van der Waals surface area contributed by atoms with E-state index in [1.165, 1.54) is 16.8 Å². The van der Waals surface area contributed by atoms with Crippen LogP contribution in [0, 0.1) is 6.92 Å². The number of fused-ring (bicyclic) bond motifs is 2. The Morgan fingerprint density at radius 2 is 2.16 bits per heavy atom. The first-order valence-electron chi connectivity index (χ1n) is 6.18. The third-order valence-electron chi connectivity index (χ3n) is 3.60. The molecule has 5 heteroatoms. The molecule has 0 radical (unpaired) electrons. The molecule has 0 spiro atoms. The second-order valence-electron chi connectivity index (χ2n) is 4.74. The maximum atomic E-state index is 9.81. The molecule has 2 aromatic rings. The van der Waals surface area contributed by atoms with Gasteiger partial charge in [-0.15, -0.1) is 12.4 Å². The number of hydrogen-bond donors (Lipinski definition) is 2. The molecule has 0 aliphatic carbocycles. The lowest BCUT2D eigenvalue weighted by molar-refractivity contribution is 0.473. The Morgan fingerprint density at radius 3 is 2.95 bits per heavy atom. The van der Waals surface area contributed by atoms with Gasteiger partial charge in [-0.1, -0.05) is 0 Å². The van der Waals surface area contributed by atoms with Crippen molar-refractivity contribution in [1.82, 2.24) is 10.3 Å². The lowest BCUT2D eigenvalue weighted by atomic mass is 10.00. The molecule has 1 aliphatic heterocycles. The molecule has 0 amide bonds. The van der Waals surface area contributed by atoms with Gasteiger partial charge in [-0.3, -0.25) is 4.98 Å². The van der Waals surface area contributed by atoms with E-state index in [9.17, 15) is 5.11 Å². The van der Waals surface area contributed by atoms with Gasteiger partial charge in [0.2, 0.25) is 0 Å². The molecule has 0 saturated carbocycles. The molecule has 2 N–H and O–H groups in total. The predicted molar refractivity (Wildman–Crippen MR) is 83.1 cm³/mol. The lowest BCUT2D eigenvalue weighted by Crippen LogP contribution is -2.13. The van der Waals surface area contributed by atoms with E-state index in [1.54, 1.807) is 6.07 Å². The zero-order valence-corrected chi connectivity index (χ0v) is 13.1. The minimum absolute atomic E-state index is 0. The summed E-state index contributed by atoms with van der Waals surface area (Å²) in [5, 5.41) is 14.3. The quantitative estimate of drug-likeness (QED) is 0.770. The average Bonchev–Trinajstić information content (AvgIpc) is 2.59. The van der Waals surface area contributed by atoms with Gasteiger partial charge in [0.15, 0.2) is 0 Å². The lowest BCUT2D eigenvalue weighted by Gasteiger charge is -2.14. The number of rotatable bonds is 0. The van der Waals surface area contributed by atoms with Crippen LogP contribution in [0.2, 0.25) is 0 Å². The van der Waals surface area contributed by atoms with E-state index in [0.717, 1.165) is 41.3 Å². The van der Waals surface area contributed by atoms with Crippen molar-refractivity contribution in [3.8, 4) is 5.75 Å². The van der Waals surface area contributed by atoms with Gasteiger partial charge < -0.3 is 10.4 Å². The normalized spacial score (nSPS) is 14.6. The molecule has 19 heavy (non-hydrogen) atoms. The number of nitrogens with one attached hydrogen (secondary N) is 1. The highest BCUT2D eigenvalue weighted by Crippen LogP contribution is 2.35. The standard InChI is InChI=1S/C14H15BrN2O.ClH/c1-8-9-7-16-6-2-3-10(9)17-11-4-5-12(18)14(15)13(8)11;/h4-5,16,18H,2-3,6-7H2,1H3;1H. The monoisotopic (exact) mass is 342 g/mol. The SMILES string of the molecule is Cc1c2c(nc3ccc(O)c(Br)c13)CCCNC2.Cl. The number of halogens is 2. The van der Waals surface area contributed by atoms with E-state index in [2.05, 4.69) is 28.2 Å². The van der Waals surface area contributed by atoms with E-state index in [0.29, 0.717) is 0 Å². The van der Waals surface area contributed by atoms with Crippen molar-refractivity contribution in [3.63, 3.8) is 0 Å². The number of aromatic hydroxyl groups is 1. The molecular formula is C14H16BrClN2O. The predicted octanol–water partition coefficient (Wildman–Crippen LogP) is 3.47. The summed E-state index contributed by atoms with van der Waals surface area (Å²) in [5.41, 5.74) is 4.65. The van der Waals surface area contributed by atoms with E-state index in [-0.39, 0.29) is 18.2 Å². The summed E-state index contributed by atoms with van der Waals surface area (Å²) >= 11 is 3.47. The van der Waals surface area contributed by atoms with Gasteiger partial charge in [0.05, 0.1) is 9.99 Å². The molecular weight excluding hydrogens is 328 g/mol. The van der Waals surface area contributed by atoms with Crippen LogP contribution in [-0.2, 0) is 13.0 Å². The zero-order chi connectivity index (χ0) is 12.7. The molecule has 0 unspecified atom stereocenters. The first kappa shape index (κ1) is 14.6. The summed E-state index contributed by atoms with van der Waals surface area (Å²) in [6.07, 6.45) is 2.15. The third kappa shape index (κ3) is 2.45. The third-order valence-corrected chi connectivity index (χ3v) is 4.40. The molecule has 3 nitrogen and oxygen atoms in total. The van der Waals surface area contributed by atoms with Crippen LogP contribution in [-0.4, -0.2) is 16.6 Å². The van der Waals surface area contributed by atoms with Crippen LogP contribution in [0.15, 0.2) is 16.6 Å². The van der Waals surface area contributed by atoms with Crippen LogP contribution >= 0.6 is 28.3 Å². The van der Waals surface area contributed by atoms with Crippen LogP contribution < -0.4 is 5.32 Å². The first-order chi connectivity index (χ1) is 8.68. The van der Waals surface area contributed by atoms with E-state index in [4.69, 9.17) is 4.98 Å². The summed E-state index contributed by atoms with van der Waals surface area (Å²) < 4.78 is 0.747. The number of hydrogen-bond acceptors (Lipinski definition) is 3. The summed E-state index contributed by atoms with van der Waals surface area (Å²) in [5.74, 6) is 0.272. The number of phenols is 1. The Morgan fingerprint density at radius 1 is 1.37 bits per heavy atom. The largest absolute Gasteiger partial charge is 0.507 e. The molecule has 2 heterocycles. The van der Waals surface area contributed by atoms with Gasteiger partial charge in [0, 0.05) is 17.6 Å². The van der Waals surface area contributed by atoms with Gasteiger partial charge in [-0.2, -0.15) is 0 Å². The fourth-order valence-corrected chi connectivity index (χ4v) is 3.25. The van der Waals surface area contributed by atoms with Crippen molar-refractivity contribution in [2.75, 3.05) is 6.54 Å². The Hall–Kier alpha value is -0.840. The molecule has 0 bridgehead atoms. The summed E-state index contributed by atoms with van der Waals surface area (Å²) in [4.78, 5) is 4.76. The highest BCUT2D eigenvalue weighted by atomic mass is 79.9. The number of aromatic nitrogens is 1. The molecule has 0 atom stereocenters. The van der Waals surface area contributed by atoms with Crippen LogP contribution in [0.5, 0.6) is 5.75 Å². The zero-order valence-electron chi connectivity index (χ0n) is 10.7. The Balaban J connectivity index is 0.00000133. The number of phenolic OH excluding ortho intramolecular Hbond substituents is 1. The molecule has 1 aliphatic rings. The van der Waals surface area contributed by atoms with Crippen molar-refractivity contribution in [2.24, 2.45) is 0 Å². The van der Waals surface area contributed by atoms with Crippen molar-refractivity contribution in [2.45, 2.75) is 26.3 Å². The van der Waals surface area contributed by atoms with Crippen molar-refractivity contribution < 1.29 is 5.11 Å². The molecule has 1 aromatic carbocycles. The summed E-state index contributed by atoms with van der Waals surface area (Å²) in [6, 6.07) is 3.58. The topological polar surface area (TPSA) is 45.2 Å². The molecule has 1 aromatic heterocycles. The Labute approximate surface area is 127 Å². The van der Waals surface area contributed by atoms with Crippen LogP contribution in [0.25, 0.3) is 10.9 Å². The summed E-state index contributed by atoms with van der Waals surface area (Å²) in [7, 11) is 0. The van der Waals surface area contributed by atoms with Gasteiger partial charge in [-0.05, 0) is 65.5 Å². The number of pyridine rings is 1. The minimum atomic E-state index is 0. The average molecular weight is 344 g/mol. The highest BCUT2D eigenvalue weighted by Gasteiger charge is 2.17. The highest BCUT2D eigenvalue weighted by molar-refractivity contribution is 9.10. The van der Waals surface area contributed by atoms with E-state index < -0.39 is 0 Å². The Kier molecular flexibility index (Phi) is 4.33. The fourth-order valence-electron chi connectivity index (χ4n) is 2.62. The minimum Gasteiger partial charge on any atom is -0.507 e. The molecule has 0 fully saturated rings. The van der Waals surface area contributed by atoms with Crippen LogP contribution in [0.3, 0.4) is 0 Å². The second-order valence-corrected chi connectivity index (χ2v) is 5.53. The number of aryl methyl sites for hydroxylation is 2. The van der Waals surface area contributed by atoms with Crippen LogP contribution in [0.4, 0.5) is 0 Å². The van der Waals surface area contributed by atoms with Gasteiger partial charge in [0.1, 0.15) is 5.75 Å². The molecule has 102 valence electrons. The first-order valence-corrected chi connectivity index (χ1v) is 6.98. The maximum Gasteiger partial charge on any atom is 0.130 e. The number of nitrogens with zero attached hydrogens (tertiary/aromatic N) is 1. The van der Waals surface area contributed by atoms with Crippen molar-refractivity contribution in [3.05, 3.63) is 33.4 Å². The van der Waals surface area contributed by atoms with E-state index in [1.807, 2.05) is 6.07 Å². The Bertz CT molecular complexity index is 631. The van der Waals surface area contributed by atoms with Gasteiger partial charge in [-0.25, -0.2) is 0 Å². The van der Waals surface area contributed by atoms with E-state index >= 15 is 0 Å². The maximum absolute atomic E-state index is 9.81. The molecule has 0 saturated heterocycles. The van der Waals surface area contributed by atoms with Crippen molar-refractivity contribution >= 4 is 39.2 Å². The second kappa shape index (κ2) is 5.65.